The summed E-state index contributed by atoms with van der Waals surface area (Å²) < 4.78 is 5.46. The monoisotopic (exact) mass is 551 g/mol. The van der Waals surface area contributed by atoms with Gasteiger partial charge in [-0.1, -0.05) is 61.7 Å². The molecule has 0 aromatic heterocycles. The molecule has 2 aromatic carbocycles. The maximum absolute atomic E-state index is 14.3. The number of phenols is 1. The molecule has 2 unspecified atom stereocenters. The van der Waals surface area contributed by atoms with E-state index in [0.29, 0.717) is 12.1 Å². The number of rotatable bonds is 13. The zero-order valence-corrected chi connectivity index (χ0v) is 24.8. The van der Waals surface area contributed by atoms with Crippen LogP contribution in [0, 0.1) is 13.8 Å². The largest absolute Gasteiger partial charge is 0.508 e. The van der Waals surface area contributed by atoms with Crippen molar-refractivity contribution in [2.24, 2.45) is 0 Å². The molecule has 3 N–H and O–H groups in total. The van der Waals surface area contributed by atoms with E-state index in [0.717, 1.165) is 36.0 Å². The molecule has 0 saturated heterocycles. The van der Waals surface area contributed by atoms with Crippen LogP contribution in [0.3, 0.4) is 0 Å². The quantitative estimate of drug-likeness (QED) is 0.225. The fourth-order valence-electron chi connectivity index (χ4n) is 4.37. The van der Waals surface area contributed by atoms with Gasteiger partial charge in [0.1, 0.15) is 23.4 Å². The number of carbonyl (C=O) groups is 3. The van der Waals surface area contributed by atoms with Crippen LogP contribution < -0.4 is 10.6 Å². The lowest BCUT2D eigenvalue weighted by atomic mass is 9.95. The molecule has 218 valence electrons. The molecule has 0 spiro atoms. The number of aromatic hydroxyl groups is 1. The van der Waals surface area contributed by atoms with Crippen molar-refractivity contribution in [1.82, 2.24) is 15.5 Å². The van der Waals surface area contributed by atoms with Crippen LogP contribution in [0.4, 0.5) is 4.79 Å². The lowest BCUT2D eigenvalue weighted by Crippen LogP contribution is -2.54. The van der Waals surface area contributed by atoms with Crippen molar-refractivity contribution in [2.75, 3.05) is 13.1 Å². The molecule has 0 aliphatic heterocycles. The summed E-state index contributed by atoms with van der Waals surface area (Å²) in [6, 6.07) is 10.3. The third kappa shape index (κ3) is 10.1. The number of amides is 3. The topological polar surface area (TPSA) is 108 Å². The van der Waals surface area contributed by atoms with Crippen molar-refractivity contribution in [2.45, 2.75) is 84.9 Å². The number of unbranched alkanes of at least 4 members (excludes halogenated alkanes) is 2. The summed E-state index contributed by atoms with van der Waals surface area (Å²) in [5.74, 6) is -0.649. The van der Waals surface area contributed by atoms with Crippen molar-refractivity contribution >= 4 is 17.9 Å². The first kappa shape index (κ1) is 32.4. The molecule has 3 amide bonds. The molecular formula is C32H45N3O5. The third-order valence-electron chi connectivity index (χ3n) is 6.34. The summed E-state index contributed by atoms with van der Waals surface area (Å²) in [6.07, 6.45) is 3.80. The number of hydrogen-bond donors (Lipinski definition) is 3. The minimum absolute atomic E-state index is 0.0847. The Kier molecular flexibility index (Phi) is 12.2. The van der Waals surface area contributed by atoms with Gasteiger partial charge in [0, 0.05) is 19.5 Å². The summed E-state index contributed by atoms with van der Waals surface area (Å²) in [5, 5.41) is 15.5. The number of carbonyl (C=O) groups excluding carboxylic acids is 3. The molecule has 40 heavy (non-hydrogen) atoms. The van der Waals surface area contributed by atoms with E-state index >= 15 is 0 Å². The maximum Gasteiger partial charge on any atom is 0.408 e. The summed E-state index contributed by atoms with van der Waals surface area (Å²) in [4.78, 5) is 42.3. The number of benzene rings is 2. The normalized spacial score (nSPS) is 12.7. The van der Waals surface area contributed by atoms with Crippen molar-refractivity contribution in [3.05, 3.63) is 77.4 Å². The van der Waals surface area contributed by atoms with Crippen molar-refractivity contribution in [1.29, 1.82) is 0 Å². The highest BCUT2D eigenvalue weighted by atomic mass is 16.6. The minimum atomic E-state index is -1.04. The first-order chi connectivity index (χ1) is 18.9. The highest BCUT2D eigenvalue weighted by Crippen LogP contribution is 2.27. The Morgan fingerprint density at radius 1 is 1.07 bits per heavy atom. The molecule has 2 rings (SSSR count). The number of alkyl carbamates (subject to hydrolysis) is 1. The van der Waals surface area contributed by atoms with Gasteiger partial charge in [-0.3, -0.25) is 9.59 Å². The standard InChI is InChI=1S/C32H45N3O5/c1-8-10-11-18-33-29(37)28(26-20-22(3)12-13-23(26)4)35(19-9-2)30(38)27(34-31(39)40-32(5,6)7)21-24-14-16-25(36)17-15-24/h9,12-17,20,27-28,36H,2,8,10-11,18-19,21H2,1,3-7H3,(H,33,37)(H,34,39). The minimum Gasteiger partial charge on any atom is -0.508 e. The molecule has 8 nitrogen and oxygen atoms in total. The van der Waals surface area contributed by atoms with E-state index in [2.05, 4.69) is 24.1 Å². The molecule has 0 fully saturated rings. The summed E-state index contributed by atoms with van der Waals surface area (Å²) in [6.45, 7) is 15.6. The van der Waals surface area contributed by atoms with E-state index in [9.17, 15) is 19.5 Å². The van der Waals surface area contributed by atoms with Gasteiger partial charge in [0.05, 0.1) is 0 Å². The number of nitrogens with one attached hydrogen (secondary N) is 2. The summed E-state index contributed by atoms with van der Waals surface area (Å²) in [5.41, 5.74) is 2.50. The van der Waals surface area contributed by atoms with Crippen LogP contribution in [0.1, 0.15) is 75.3 Å². The summed E-state index contributed by atoms with van der Waals surface area (Å²) in [7, 11) is 0. The molecule has 0 aliphatic carbocycles. The molecule has 2 aromatic rings. The molecule has 0 aliphatic rings. The van der Waals surface area contributed by atoms with Gasteiger partial charge in [-0.15, -0.1) is 6.58 Å². The van der Waals surface area contributed by atoms with Gasteiger partial charge in [-0.2, -0.15) is 0 Å². The van der Waals surface area contributed by atoms with Crippen molar-refractivity contribution in [3.8, 4) is 5.75 Å². The lowest BCUT2D eigenvalue weighted by Gasteiger charge is -2.34. The fourth-order valence-corrected chi connectivity index (χ4v) is 4.37. The predicted octanol–water partition coefficient (Wildman–Crippen LogP) is 5.51. The second kappa shape index (κ2) is 15.1. The molecular weight excluding hydrogens is 506 g/mol. The Morgan fingerprint density at radius 3 is 2.35 bits per heavy atom. The number of ether oxygens (including phenoxy) is 1. The van der Waals surface area contributed by atoms with E-state index in [4.69, 9.17) is 4.74 Å². The third-order valence-corrected chi connectivity index (χ3v) is 6.34. The average molecular weight is 552 g/mol. The van der Waals surface area contributed by atoms with Crippen LogP contribution in [-0.2, 0) is 20.7 Å². The number of nitrogens with zero attached hydrogens (tertiary/aromatic N) is 1. The zero-order valence-electron chi connectivity index (χ0n) is 24.8. The fraction of sp³-hybridized carbons (Fsp3) is 0.469. The van der Waals surface area contributed by atoms with Crippen LogP contribution in [-0.4, -0.2) is 52.6 Å². The van der Waals surface area contributed by atoms with Crippen LogP contribution in [0.15, 0.2) is 55.1 Å². The Labute approximate surface area is 238 Å². The molecule has 8 heteroatoms. The predicted molar refractivity (Wildman–Crippen MR) is 158 cm³/mol. The second-order valence-electron chi connectivity index (χ2n) is 11.1. The van der Waals surface area contributed by atoms with Crippen molar-refractivity contribution in [3.63, 3.8) is 0 Å². The Hall–Kier alpha value is -3.81. The second-order valence-corrected chi connectivity index (χ2v) is 11.1. The first-order valence-electron chi connectivity index (χ1n) is 13.9. The zero-order chi connectivity index (χ0) is 29.9. The highest BCUT2D eigenvalue weighted by molar-refractivity contribution is 5.92. The molecule has 2 atom stereocenters. The van der Waals surface area contributed by atoms with Gasteiger partial charge >= 0.3 is 6.09 Å². The highest BCUT2D eigenvalue weighted by Gasteiger charge is 2.36. The first-order valence-corrected chi connectivity index (χ1v) is 13.9. The van der Waals surface area contributed by atoms with E-state index in [1.807, 2.05) is 32.0 Å². The van der Waals surface area contributed by atoms with E-state index in [1.54, 1.807) is 39.0 Å². The van der Waals surface area contributed by atoms with Gasteiger partial charge in [0.25, 0.3) is 0 Å². The van der Waals surface area contributed by atoms with Crippen LogP contribution in [0.25, 0.3) is 0 Å². The number of phenolic OH excluding ortho intramolecular Hbond substituents is 1. The van der Waals surface area contributed by atoms with Crippen LogP contribution in [0.2, 0.25) is 0 Å². The molecule has 0 saturated carbocycles. The Balaban J connectivity index is 2.53. The van der Waals surface area contributed by atoms with Crippen molar-refractivity contribution < 1.29 is 24.2 Å². The van der Waals surface area contributed by atoms with Crippen LogP contribution >= 0.6 is 0 Å². The SMILES string of the molecule is C=CCN(C(=O)C(Cc1ccc(O)cc1)NC(=O)OC(C)(C)C)C(C(=O)NCCCCC)c1cc(C)ccc1C. The Bertz CT molecular complexity index is 1150. The van der Waals surface area contributed by atoms with Crippen LogP contribution in [0.5, 0.6) is 5.75 Å². The van der Waals surface area contributed by atoms with E-state index in [-0.39, 0.29) is 24.6 Å². The Morgan fingerprint density at radius 2 is 1.75 bits per heavy atom. The van der Waals surface area contributed by atoms with Gasteiger partial charge in [0.15, 0.2) is 0 Å². The number of hydrogen-bond acceptors (Lipinski definition) is 5. The van der Waals surface area contributed by atoms with E-state index in [1.165, 1.54) is 17.0 Å². The average Bonchev–Trinajstić information content (AvgIpc) is 2.87. The van der Waals surface area contributed by atoms with Gasteiger partial charge in [-0.05, 0) is 69.9 Å². The van der Waals surface area contributed by atoms with E-state index < -0.39 is 29.7 Å². The maximum atomic E-state index is 14.3. The molecule has 0 heterocycles. The smallest absolute Gasteiger partial charge is 0.408 e. The van der Waals surface area contributed by atoms with Gasteiger partial charge in [0.2, 0.25) is 11.8 Å². The van der Waals surface area contributed by atoms with Gasteiger partial charge < -0.3 is 25.4 Å². The number of aryl methyl sites for hydroxylation is 2. The molecule has 0 radical (unpaired) electrons. The summed E-state index contributed by atoms with van der Waals surface area (Å²) >= 11 is 0. The lowest BCUT2D eigenvalue weighted by molar-refractivity contribution is -0.141. The molecule has 0 bridgehead atoms. The van der Waals surface area contributed by atoms with Gasteiger partial charge in [-0.25, -0.2) is 4.79 Å².